The average Bonchev–Trinajstić information content (AvgIpc) is 0.725. The fourth-order valence-electron chi connectivity index (χ4n) is 18.5. The van der Waals surface area contributed by atoms with Crippen molar-refractivity contribution < 1.29 is 71.1 Å². The molecule has 0 aliphatic carbocycles. The van der Waals surface area contributed by atoms with Gasteiger partial charge >= 0.3 is 5.97 Å². The molecule has 147 heavy (non-hydrogen) atoms. The van der Waals surface area contributed by atoms with E-state index < -0.39 is 11.4 Å². The largest absolute Gasteiger partial charge is 0.491 e. The molecule has 0 N–H and O–H groups in total. The number of pyridine rings is 4. The third-order valence-corrected chi connectivity index (χ3v) is 26.9. The summed E-state index contributed by atoms with van der Waals surface area (Å²) < 4.78 is 83.8. The quantitative estimate of drug-likeness (QED) is 0.0115. The molecule has 0 atom stereocenters. The first-order chi connectivity index (χ1) is 71.7. The molecule has 10 bridgehead atoms. The third kappa shape index (κ3) is 30.7. The molecule has 11 aromatic carbocycles. The van der Waals surface area contributed by atoms with Gasteiger partial charge in [0.2, 0.25) is 0 Å². The van der Waals surface area contributed by atoms with Crippen LogP contribution in [0, 0.1) is 0 Å². The SMILES string of the molecule is CC(C)(C)c1ccc(C(c2ccc(OCC(=O)OCCOCCOc3ccc(-c4ccc5ccc6ccc(-c7ccc(OCCOCCOCCCCCCCC/C=C/CCCCCCCCOCc8cc9cc(c8)OCCOCCOc8ccc(cc8)-c8ccc%10ccc%11ccc(nc%11c%10n8)-c8ccc(cc8)OCCOCCO9)cc7)nc6c5n4)cc3)cc2)(c2ccc(C(C)(C)C)cc2)c2ccc(C(C)(C)C)cc2)cc1. The molecule has 766 valence electrons. The van der Waals surface area contributed by atoms with Crippen molar-refractivity contribution in [3.05, 3.63) is 342 Å². The summed E-state index contributed by atoms with van der Waals surface area (Å²) in [5.41, 5.74) is 19.3. The van der Waals surface area contributed by atoms with Crippen molar-refractivity contribution in [2.24, 2.45) is 0 Å². The fraction of sp³-hybridized carbons (Fsp3) is 0.367. The number of fused-ring (bicyclic) bond motifs is 5. The zero-order chi connectivity index (χ0) is 102. The number of allylic oxidation sites excluding steroid dienone is 2. The predicted octanol–water partition coefficient (Wildman–Crippen LogP) is 28.7. The summed E-state index contributed by atoms with van der Waals surface area (Å²) in [7, 11) is 0. The van der Waals surface area contributed by atoms with Crippen LogP contribution in [-0.2, 0) is 66.2 Å². The van der Waals surface area contributed by atoms with Gasteiger partial charge in [0.15, 0.2) is 6.61 Å². The van der Waals surface area contributed by atoms with Crippen LogP contribution < -0.4 is 33.2 Å². The van der Waals surface area contributed by atoms with Gasteiger partial charge in [0.05, 0.1) is 116 Å². The summed E-state index contributed by atoms with van der Waals surface area (Å²) in [5.74, 6) is 4.47. The molecule has 18 rings (SSSR count). The highest BCUT2D eigenvalue weighted by Crippen LogP contribution is 2.48. The molecule has 0 saturated heterocycles. The van der Waals surface area contributed by atoms with Crippen LogP contribution in [0.4, 0.5) is 0 Å². The fourth-order valence-corrected chi connectivity index (χ4v) is 18.5. The van der Waals surface area contributed by atoms with Crippen LogP contribution in [0.2, 0.25) is 0 Å². The second-order valence-corrected chi connectivity index (χ2v) is 40.9. The number of unbranched alkanes of at least 4 members (excludes halogenated alkanes) is 12. The zero-order valence-electron chi connectivity index (χ0n) is 87.2. The van der Waals surface area contributed by atoms with Crippen molar-refractivity contribution in [3.8, 4) is 85.3 Å². The molecule has 15 aromatic rings. The number of carbonyl (C=O) groups is 1. The minimum atomic E-state index is -0.676. The Labute approximate surface area is 868 Å². The molecule has 19 nitrogen and oxygen atoms in total. The number of benzene rings is 11. The Balaban J connectivity index is 0.375. The predicted molar refractivity (Wildman–Crippen MR) is 590 cm³/mol. The van der Waals surface area contributed by atoms with Crippen molar-refractivity contribution in [1.29, 1.82) is 0 Å². The summed E-state index contributed by atoms with van der Waals surface area (Å²) in [6.45, 7) is 28.1. The van der Waals surface area contributed by atoms with Crippen molar-refractivity contribution in [1.82, 2.24) is 19.9 Å². The number of hydrogen-bond acceptors (Lipinski definition) is 19. The van der Waals surface area contributed by atoms with Crippen LogP contribution in [-0.4, -0.2) is 151 Å². The molecule has 3 aliphatic heterocycles. The van der Waals surface area contributed by atoms with Gasteiger partial charge in [0.25, 0.3) is 0 Å². The van der Waals surface area contributed by atoms with Crippen LogP contribution >= 0.6 is 0 Å². The van der Waals surface area contributed by atoms with Crippen molar-refractivity contribution in [2.75, 3.05) is 126 Å². The Morgan fingerprint density at radius 3 is 0.925 bits per heavy atom. The topological polar surface area (TPSA) is 198 Å². The second kappa shape index (κ2) is 53.3. The minimum absolute atomic E-state index is 0.00983. The Morgan fingerprint density at radius 2 is 0.558 bits per heavy atom. The number of aromatic nitrogens is 4. The molecule has 19 heteroatoms. The van der Waals surface area contributed by atoms with Crippen molar-refractivity contribution >= 4 is 49.6 Å². The average molecular weight is 1980 g/mol. The minimum Gasteiger partial charge on any atom is -0.491 e. The Morgan fingerprint density at radius 1 is 0.272 bits per heavy atom. The first-order valence-electron chi connectivity index (χ1n) is 52.8. The van der Waals surface area contributed by atoms with E-state index in [2.05, 4.69) is 226 Å². The van der Waals surface area contributed by atoms with Gasteiger partial charge in [-0.1, -0.05) is 259 Å². The highest BCUT2D eigenvalue weighted by Gasteiger charge is 2.40. The number of ether oxygens (including phenoxy) is 14. The van der Waals surface area contributed by atoms with E-state index in [4.69, 9.17) is 86.3 Å². The van der Waals surface area contributed by atoms with Crippen molar-refractivity contribution in [3.63, 3.8) is 0 Å². The molecule has 0 spiro atoms. The molecular weight excluding hydrogens is 1830 g/mol. The van der Waals surface area contributed by atoms with Gasteiger partial charge in [0.1, 0.15) is 86.5 Å². The molecule has 3 aliphatic rings. The molecular formula is C128H144N4O15. The van der Waals surface area contributed by atoms with Crippen LogP contribution in [0.3, 0.4) is 0 Å². The van der Waals surface area contributed by atoms with Gasteiger partial charge in [-0.2, -0.15) is 0 Å². The number of rotatable bonds is 43. The van der Waals surface area contributed by atoms with E-state index in [0.29, 0.717) is 129 Å². The lowest BCUT2D eigenvalue weighted by molar-refractivity contribution is -0.147. The maximum atomic E-state index is 13.0. The summed E-state index contributed by atoms with van der Waals surface area (Å²) in [6, 6.07) is 98.4. The van der Waals surface area contributed by atoms with E-state index in [1.165, 1.54) is 74.5 Å². The number of hydrogen-bond donors (Lipinski definition) is 0. The second-order valence-electron chi connectivity index (χ2n) is 40.9. The van der Waals surface area contributed by atoms with E-state index in [1.807, 2.05) is 133 Å². The van der Waals surface area contributed by atoms with Gasteiger partial charge < -0.3 is 66.3 Å². The summed E-state index contributed by atoms with van der Waals surface area (Å²) in [6.07, 6.45) is 21.5. The first kappa shape index (κ1) is 106. The maximum absolute atomic E-state index is 13.0. The molecule has 0 radical (unpaired) electrons. The Hall–Kier alpha value is -13.4. The number of nitrogens with zero attached hydrogens (tertiary/aromatic N) is 4. The highest BCUT2D eigenvalue weighted by atomic mass is 16.6. The molecule has 0 amide bonds. The van der Waals surface area contributed by atoms with Crippen LogP contribution in [0.5, 0.6) is 40.2 Å². The van der Waals surface area contributed by atoms with Gasteiger partial charge in [-0.05, 0) is 245 Å². The van der Waals surface area contributed by atoms with Gasteiger partial charge in [-0.3, -0.25) is 0 Å². The number of carbonyl (C=O) groups excluding carboxylic acids is 1. The summed E-state index contributed by atoms with van der Waals surface area (Å²) in [4.78, 5) is 33.6. The standard InChI is InChI=1S/C128H144N4O15/c1-125(2,3)102-42-48-105(49-43-102)128(106-50-44-103(45-51-106)126(4,5)6,107-52-46-104(47-53-107)127(7,8)9)108-54-64-113(65-55-108)147-92-120(133)146-87-80-138-77-84-143-112-62-36-97(37-63-112)119-69-41-101-27-26-98-38-66-116(129-121(98)122(101)132-119)94-30-56-109(57-31-94)140-81-74-135-73-72-134-70-24-22-20-18-16-14-12-10-11-13-15-17-19-21-23-25-71-139-91-93-88-114-90-115(89-93)145-86-79-137-76-83-142-111-60-34-96(35-61-111)118-68-40-100-29-28-99-39-67-117(130-123(99)124(100)131-118)95-32-58-110(59-33-95)141-82-75-136-78-85-144-114/h10-11,26-69,88-90H,12-25,70-87,91-92H2,1-9H3/b11-10+. The molecule has 0 unspecified atom stereocenters. The van der Waals surface area contributed by atoms with Crippen molar-refractivity contribution in [2.45, 2.75) is 180 Å². The highest BCUT2D eigenvalue weighted by molar-refractivity contribution is 6.05. The monoisotopic (exact) mass is 1980 g/mol. The Bertz CT molecular complexity index is 6400. The molecule has 7 heterocycles. The van der Waals surface area contributed by atoms with Crippen LogP contribution in [0.15, 0.2) is 297 Å². The van der Waals surface area contributed by atoms with E-state index in [0.717, 1.165) is 172 Å². The van der Waals surface area contributed by atoms with Gasteiger partial charge in [-0.25, -0.2) is 24.7 Å². The Kier molecular flexibility index (Phi) is 38.6. The normalized spacial score (nSPS) is 13.1. The smallest absolute Gasteiger partial charge is 0.344 e. The van der Waals surface area contributed by atoms with Crippen LogP contribution in [0.25, 0.3) is 88.6 Å². The molecule has 0 saturated carbocycles. The van der Waals surface area contributed by atoms with E-state index in [-0.39, 0.29) is 36.1 Å². The lowest BCUT2D eigenvalue weighted by Gasteiger charge is -2.38. The third-order valence-electron chi connectivity index (χ3n) is 26.9. The molecule has 4 aromatic heterocycles. The molecule has 0 fully saturated rings. The number of esters is 1. The van der Waals surface area contributed by atoms with E-state index in [1.54, 1.807) is 0 Å². The van der Waals surface area contributed by atoms with Crippen LogP contribution in [0.1, 0.15) is 197 Å². The lowest BCUT2D eigenvalue weighted by atomic mass is 9.64. The van der Waals surface area contributed by atoms with E-state index >= 15 is 0 Å². The summed E-state index contributed by atoms with van der Waals surface area (Å²) >= 11 is 0. The first-order valence-corrected chi connectivity index (χ1v) is 52.8. The van der Waals surface area contributed by atoms with Gasteiger partial charge in [-0.15, -0.1) is 0 Å². The summed E-state index contributed by atoms with van der Waals surface area (Å²) in [5, 5.41) is 4.07. The van der Waals surface area contributed by atoms with E-state index in [9.17, 15) is 4.79 Å². The zero-order valence-corrected chi connectivity index (χ0v) is 87.2. The lowest BCUT2D eigenvalue weighted by Crippen LogP contribution is -2.31. The van der Waals surface area contributed by atoms with Gasteiger partial charge in [0, 0.05) is 63.1 Å². The maximum Gasteiger partial charge on any atom is 0.344 e.